The Kier molecular flexibility index (Phi) is 1.90. The number of aliphatic imine (C=N–C) groups is 1. The smallest absolute Gasteiger partial charge is 0.167 e. The molecule has 0 saturated carbocycles. The van der Waals surface area contributed by atoms with Crippen LogP contribution >= 0.6 is 0 Å². The Morgan fingerprint density at radius 3 is 2.91 bits per heavy atom. The van der Waals surface area contributed by atoms with Crippen molar-refractivity contribution in [3.05, 3.63) is 18.3 Å². The van der Waals surface area contributed by atoms with Crippen LogP contribution in [-0.2, 0) is 0 Å². The SMILES string of the molecule is [C]1N=CC=C1N1CCNCC1. The average molecular weight is 149 g/mol. The van der Waals surface area contributed by atoms with Crippen molar-refractivity contribution in [2.75, 3.05) is 26.2 Å². The Morgan fingerprint density at radius 1 is 1.45 bits per heavy atom. The van der Waals surface area contributed by atoms with Crippen LogP contribution in [0.4, 0.5) is 0 Å². The highest BCUT2D eigenvalue weighted by atomic mass is 15.2. The predicted molar refractivity (Wildman–Crippen MR) is 44.3 cm³/mol. The molecular weight excluding hydrogens is 138 g/mol. The maximum absolute atomic E-state index is 3.91. The number of nitrogens with one attached hydrogen (secondary N) is 1. The lowest BCUT2D eigenvalue weighted by atomic mass is 10.3. The van der Waals surface area contributed by atoms with Gasteiger partial charge in [-0.15, -0.1) is 0 Å². The second kappa shape index (κ2) is 3.05. The number of hydrogen-bond donors (Lipinski definition) is 1. The normalized spacial score (nSPS) is 24.0. The van der Waals surface area contributed by atoms with Crippen molar-refractivity contribution in [1.29, 1.82) is 0 Å². The van der Waals surface area contributed by atoms with Crippen LogP contribution < -0.4 is 5.32 Å². The largest absolute Gasteiger partial charge is 0.370 e. The highest BCUT2D eigenvalue weighted by molar-refractivity contribution is 5.76. The Morgan fingerprint density at radius 2 is 2.27 bits per heavy atom. The maximum Gasteiger partial charge on any atom is 0.167 e. The first-order valence-corrected chi connectivity index (χ1v) is 3.92. The van der Waals surface area contributed by atoms with Crippen LogP contribution in [0.2, 0.25) is 0 Å². The topological polar surface area (TPSA) is 27.6 Å². The molecule has 3 nitrogen and oxygen atoms in total. The minimum atomic E-state index is 1.07. The van der Waals surface area contributed by atoms with Crippen molar-refractivity contribution in [3.8, 4) is 0 Å². The average Bonchev–Trinajstić information content (AvgIpc) is 2.58. The number of rotatable bonds is 1. The molecule has 2 rings (SSSR count). The van der Waals surface area contributed by atoms with Gasteiger partial charge in [-0.25, -0.2) is 0 Å². The third-order valence-electron chi connectivity index (χ3n) is 1.94. The van der Waals surface area contributed by atoms with Crippen molar-refractivity contribution in [1.82, 2.24) is 10.2 Å². The zero-order valence-corrected chi connectivity index (χ0v) is 6.38. The lowest BCUT2D eigenvalue weighted by Crippen LogP contribution is -2.42. The van der Waals surface area contributed by atoms with Crippen LogP contribution in [0.1, 0.15) is 0 Å². The highest BCUT2D eigenvalue weighted by Gasteiger charge is 2.14. The maximum atomic E-state index is 3.91. The van der Waals surface area contributed by atoms with E-state index in [1.54, 1.807) is 6.21 Å². The van der Waals surface area contributed by atoms with Gasteiger partial charge in [0.05, 0.1) is 0 Å². The molecule has 2 aliphatic heterocycles. The van der Waals surface area contributed by atoms with E-state index < -0.39 is 0 Å². The quantitative estimate of drug-likeness (QED) is 0.563. The zero-order valence-electron chi connectivity index (χ0n) is 6.38. The summed E-state index contributed by atoms with van der Waals surface area (Å²) in [6, 6.07) is 0. The van der Waals surface area contributed by atoms with Crippen LogP contribution in [0.25, 0.3) is 0 Å². The molecule has 58 valence electrons. The second-order valence-corrected chi connectivity index (χ2v) is 2.68. The zero-order chi connectivity index (χ0) is 7.52. The van der Waals surface area contributed by atoms with Gasteiger partial charge in [0.25, 0.3) is 0 Å². The first-order valence-electron chi connectivity index (χ1n) is 3.92. The first kappa shape index (κ1) is 6.85. The molecule has 0 bridgehead atoms. The van der Waals surface area contributed by atoms with Crippen LogP contribution in [-0.4, -0.2) is 37.3 Å². The monoisotopic (exact) mass is 149 g/mol. The lowest BCUT2D eigenvalue weighted by molar-refractivity contribution is 0.304. The van der Waals surface area contributed by atoms with Gasteiger partial charge in [0.15, 0.2) is 6.54 Å². The molecule has 0 amide bonds. The molecule has 1 fully saturated rings. The summed E-state index contributed by atoms with van der Waals surface area (Å²) in [6.07, 6.45) is 3.79. The van der Waals surface area contributed by atoms with Crippen LogP contribution in [0.5, 0.6) is 0 Å². The van der Waals surface area contributed by atoms with E-state index in [0.29, 0.717) is 0 Å². The van der Waals surface area contributed by atoms with Crippen LogP contribution in [0.3, 0.4) is 0 Å². The van der Waals surface area contributed by atoms with Crippen molar-refractivity contribution < 1.29 is 0 Å². The lowest BCUT2D eigenvalue weighted by Gasteiger charge is -2.29. The Bertz CT molecular complexity index is 190. The van der Waals surface area contributed by atoms with Gasteiger partial charge in [-0.2, -0.15) is 0 Å². The Balaban J connectivity index is 1.93. The second-order valence-electron chi connectivity index (χ2n) is 2.68. The van der Waals surface area contributed by atoms with Gasteiger partial charge in [0.2, 0.25) is 0 Å². The van der Waals surface area contributed by atoms with E-state index in [1.165, 1.54) is 0 Å². The van der Waals surface area contributed by atoms with E-state index in [2.05, 4.69) is 21.8 Å². The Hall–Kier alpha value is -0.830. The van der Waals surface area contributed by atoms with E-state index in [1.807, 2.05) is 6.08 Å². The summed E-state index contributed by atoms with van der Waals surface area (Å²) in [5.41, 5.74) is 1.13. The minimum absolute atomic E-state index is 1.07. The van der Waals surface area contributed by atoms with Crippen molar-refractivity contribution in [3.63, 3.8) is 0 Å². The summed E-state index contributed by atoms with van der Waals surface area (Å²) in [5, 5.41) is 3.30. The summed E-state index contributed by atoms with van der Waals surface area (Å²) in [5.74, 6) is 0. The molecule has 0 spiro atoms. The molecule has 2 heterocycles. The standard InChI is InChI=1S/C8H11N3/c1-2-10-7-8(1)11-5-3-9-4-6-11/h1-2,9H,3-6H2. The third-order valence-corrected chi connectivity index (χ3v) is 1.94. The van der Waals surface area contributed by atoms with Crippen molar-refractivity contribution in [2.45, 2.75) is 0 Å². The molecule has 0 aromatic heterocycles. The van der Waals surface area contributed by atoms with Gasteiger partial charge in [-0.1, -0.05) is 0 Å². The number of hydrogen-bond acceptors (Lipinski definition) is 3. The Labute approximate surface area is 66.8 Å². The molecule has 1 saturated heterocycles. The van der Waals surface area contributed by atoms with Gasteiger partial charge < -0.3 is 10.2 Å². The van der Waals surface area contributed by atoms with E-state index in [-0.39, 0.29) is 0 Å². The fourth-order valence-corrected chi connectivity index (χ4v) is 1.33. The summed E-state index contributed by atoms with van der Waals surface area (Å²) in [6.45, 7) is 7.24. The predicted octanol–water partition coefficient (Wildman–Crippen LogP) is -0.101. The summed E-state index contributed by atoms with van der Waals surface area (Å²) in [7, 11) is 0. The highest BCUT2D eigenvalue weighted by Crippen LogP contribution is 2.12. The molecule has 11 heavy (non-hydrogen) atoms. The van der Waals surface area contributed by atoms with Gasteiger partial charge >= 0.3 is 0 Å². The van der Waals surface area contributed by atoms with E-state index in [4.69, 9.17) is 0 Å². The fourth-order valence-electron chi connectivity index (χ4n) is 1.33. The van der Waals surface area contributed by atoms with E-state index in [0.717, 1.165) is 31.9 Å². The molecule has 0 atom stereocenters. The third kappa shape index (κ3) is 1.43. The van der Waals surface area contributed by atoms with Crippen LogP contribution in [0.15, 0.2) is 16.8 Å². The van der Waals surface area contributed by atoms with Gasteiger partial charge in [0.1, 0.15) is 0 Å². The molecule has 2 aliphatic rings. The van der Waals surface area contributed by atoms with Crippen LogP contribution in [0, 0.1) is 6.54 Å². The molecule has 1 N–H and O–H groups in total. The van der Waals surface area contributed by atoms with Gasteiger partial charge in [0, 0.05) is 38.1 Å². The van der Waals surface area contributed by atoms with Gasteiger partial charge in [-0.05, 0) is 6.08 Å². The molecule has 0 aromatic carbocycles. The molecule has 0 aliphatic carbocycles. The molecule has 3 heteroatoms. The summed E-state index contributed by atoms with van der Waals surface area (Å²) < 4.78 is 0. The number of piperazine rings is 1. The van der Waals surface area contributed by atoms with E-state index >= 15 is 0 Å². The fraction of sp³-hybridized carbons (Fsp3) is 0.500. The molecule has 0 unspecified atom stereocenters. The minimum Gasteiger partial charge on any atom is -0.370 e. The molecule has 0 aromatic rings. The summed E-state index contributed by atoms with van der Waals surface area (Å²) >= 11 is 0. The molecule has 2 radical (unpaired) electrons. The molecular formula is C8H11N3. The first-order chi connectivity index (χ1) is 5.47. The number of nitrogens with zero attached hydrogens (tertiary/aromatic N) is 2. The summed E-state index contributed by atoms with van der Waals surface area (Å²) in [4.78, 5) is 6.21. The number of allylic oxidation sites excluding steroid dienone is 1. The van der Waals surface area contributed by atoms with E-state index in [9.17, 15) is 0 Å². The van der Waals surface area contributed by atoms with Crippen molar-refractivity contribution in [2.24, 2.45) is 4.99 Å². The van der Waals surface area contributed by atoms with Crippen molar-refractivity contribution >= 4 is 6.21 Å². The van der Waals surface area contributed by atoms with Gasteiger partial charge in [-0.3, -0.25) is 4.99 Å².